The van der Waals surface area contributed by atoms with Crippen molar-refractivity contribution in [1.82, 2.24) is 19.6 Å². The molecule has 41 heavy (non-hydrogen) atoms. The molecule has 0 aromatic carbocycles. The van der Waals surface area contributed by atoms with Crippen molar-refractivity contribution in [3.8, 4) is 0 Å². The van der Waals surface area contributed by atoms with E-state index in [0.29, 0.717) is 5.57 Å². The fraction of sp³-hybridized carbons (Fsp3) is 0.292. The van der Waals surface area contributed by atoms with E-state index in [9.17, 15) is 29.4 Å². The van der Waals surface area contributed by atoms with Crippen LogP contribution in [0, 0.1) is 0 Å². The zero-order valence-electron chi connectivity index (χ0n) is 21.4. The number of pyridine rings is 1. The van der Waals surface area contributed by atoms with Crippen molar-refractivity contribution < 1.29 is 38.8 Å². The van der Waals surface area contributed by atoms with Crippen LogP contribution in [0.15, 0.2) is 53.2 Å². The monoisotopic (exact) mass is 619 g/mol. The molecule has 2 aliphatic rings. The van der Waals surface area contributed by atoms with Crippen LogP contribution in [0.1, 0.15) is 19.5 Å². The Labute approximate surface area is 245 Å². The van der Waals surface area contributed by atoms with Crippen LogP contribution in [0.2, 0.25) is 4.34 Å². The Kier molecular flexibility index (Phi) is 7.39. The normalized spacial score (nSPS) is 19.1. The Hall–Kier alpha value is -4.15. The summed E-state index contributed by atoms with van der Waals surface area (Å²) in [5, 5.41) is 27.0. The first-order valence-electron chi connectivity index (χ1n) is 11.9. The van der Waals surface area contributed by atoms with Crippen LogP contribution in [0.4, 0.5) is 5.13 Å². The van der Waals surface area contributed by atoms with Crippen molar-refractivity contribution in [2.45, 2.75) is 37.4 Å². The molecule has 5 heterocycles. The molecule has 1 fully saturated rings. The molecule has 0 radical (unpaired) electrons. The molecule has 214 valence electrons. The molecule has 4 N–H and O–H groups in total. The third kappa shape index (κ3) is 5.20. The third-order valence-corrected chi connectivity index (χ3v) is 8.80. The summed E-state index contributed by atoms with van der Waals surface area (Å²) in [6.07, 6.45) is 5.49. The van der Waals surface area contributed by atoms with E-state index in [4.69, 9.17) is 22.2 Å². The zero-order valence-corrected chi connectivity index (χ0v) is 23.8. The minimum atomic E-state index is -1.81. The number of anilines is 1. The second-order valence-corrected chi connectivity index (χ2v) is 12.3. The highest BCUT2D eigenvalue weighted by atomic mass is 35.5. The lowest BCUT2D eigenvalue weighted by Gasteiger charge is -2.50. The number of carbonyl (C=O) groups excluding carboxylic acids is 3. The molecule has 17 heteroatoms. The van der Waals surface area contributed by atoms with Gasteiger partial charge in [-0.2, -0.15) is 0 Å². The Morgan fingerprint density at radius 3 is 2.78 bits per heavy atom. The first kappa shape index (κ1) is 28.4. The molecule has 2 amide bonds. The summed E-state index contributed by atoms with van der Waals surface area (Å²) in [5.74, 6) is -4.22. The van der Waals surface area contributed by atoms with Crippen LogP contribution in [0.5, 0.6) is 0 Å². The number of hydrogen-bond acceptors (Lipinski definition) is 11. The van der Waals surface area contributed by atoms with Gasteiger partial charge in [0.15, 0.2) is 10.8 Å². The molecule has 2 atom stereocenters. The largest absolute Gasteiger partial charge is 0.543 e. The standard InChI is InChI=1S/C24H22ClN7O7S2/c1-24(2,22(37)38)39-29-14(13-17(25)41-23(26)28-13)18(33)27-15-19(34)32-16(21(35)36)11(10-40-20(15)32)9-31-8-7-30-6-4-3-5-12(30)31/h3-8,15,20H,9-10H2,1-2H3,(H4-,26,27,28,33,35,36,37,38)/b29-14-/t15-,20-/m1/s1. The number of nitrogens with two attached hydrogens (primary N) is 1. The molecule has 2 aliphatic heterocycles. The number of β-lactam (4-membered cyclic amide) rings is 1. The van der Waals surface area contributed by atoms with Gasteiger partial charge in [-0.3, -0.25) is 14.5 Å². The second-order valence-electron chi connectivity index (χ2n) is 9.51. The molecule has 0 unspecified atom stereocenters. The molecule has 5 rings (SSSR count). The van der Waals surface area contributed by atoms with Crippen LogP contribution in [-0.4, -0.2) is 71.6 Å². The summed E-state index contributed by atoms with van der Waals surface area (Å²) >= 11 is 8.30. The lowest BCUT2D eigenvalue weighted by Crippen LogP contribution is -2.71. The maximum Gasteiger partial charge on any atom is 0.350 e. The number of oxime groups is 1. The number of rotatable bonds is 9. The molecule has 1 saturated heterocycles. The van der Waals surface area contributed by atoms with Crippen LogP contribution < -0.4 is 20.7 Å². The van der Waals surface area contributed by atoms with E-state index in [1.54, 1.807) is 6.20 Å². The minimum absolute atomic E-state index is 0.00996. The average Bonchev–Trinajstić information content (AvgIpc) is 3.48. The number of carbonyl (C=O) groups is 4. The van der Waals surface area contributed by atoms with E-state index in [0.717, 1.165) is 21.9 Å². The van der Waals surface area contributed by atoms with Gasteiger partial charge >= 0.3 is 5.97 Å². The summed E-state index contributed by atoms with van der Waals surface area (Å²) in [7, 11) is 0. The number of nitrogens with zero attached hydrogens (tertiary/aromatic N) is 5. The van der Waals surface area contributed by atoms with Crippen LogP contribution in [0.25, 0.3) is 5.65 Å². The predicted molar refractivity (Wildman–Crippen MR) is 146 cm³/mol. The van der Waals surface area contributed by atoms with Gasteiger partial charge in [-0.1, -0.05) is 34.2 Å². The van der Waals surface area contributed by atoms with Gasteiger partial charge in [-0.05, 0) is 19.9 Å². The fourth-order valence-electron chi connectivity index (χ4n) is 4.24. The van der Waals surface area contributed by atoms with Gasteiger partial charge in [0.1, 0.15) is 40.4 Å². The van der Waals surface area contributed by atoms with Gasteiger partial charge < -0.3 is 30.9 Å². The highest BCUT2D eigenvalue weighted by Gasteiger charge is 2.53. The first-order chi connectivity index (χ1) is 19.4. The fourth-order valence-corrected chi connectivity index (χ4v) is 6.51. The Morgan fingerprint density at radius 1 is 1.37 bits per heavy atom. The molecule has 3 aromatic heterocycles. The van der Waals surface area contributed by atoms with E-state index in [-0.39, 0.29) is 33.2 Å². The van der Waals surface area contributed by atoms with Gasteiger partial charge in [0.2, 0.25) is 5.60 Å². The number of carboxylic acids is 2. The Morgan fingerprint density at radius 2 is 2.12 bits per heavy atom. The molecule has 14 nitrogen and oxygen atoms in total. The predicted octanol–water partition coefficient (Wildman–Crippen LogP) is -0.393. The van der Waals surface area contributed by atoms with E-state index in [1.807, 2.05) is 39.6 Å². The summed E-state index contributed by atoms with van der Waals surface area (Å²) in [6.45, 7) is 2.65. The number of fused-ring (bicyclic) bond motifs is 2. The van der Waals surface area contributed by atoms with Crippen molar-refractivity contribution in [3.05, 3.63) is 58.1 Å². The quantitative estimate of drug-likeness (QED) is 0.123. The number of nitrogens with one attached hydrogen (secondary N) is 1. The molecule has 0 bridgehead atoms. The van der Waals surface area contributed by atoms with Gasteiger partial charge in [0, 0.05) is 17.4 Å². The molecule has 0 saturated carbocycles. The number of carboxylic acid groups (broad SMARTS) is 2. The third-order valence-electron chi connectivity index (χ3n) is 6.38. The van der Waals surface area contributed by atoms with Crippen molar-refractivity contribution in [3.63, 3.8) is 0 Å². The van der Waals surface area contributed by atoms with Crippen molar-refractivity contribution in [2.24, 2.45) is 5.16 Å². The highest BCUT2D eigenvalue weighted by molar-refractivity contribution is 8.00. The van der Waals surface area contributed by atoms with Gasteiger partial charge in [-0.25, -0.2) is 18.7 Å². The summed E-state index contributed by atoms with van der Waals surface area (Å²) < 4.78 is 3.72. The molecular weight excluding hydrogens is 598 g/mol. The van der Waals surface area contributed by atoms with E-state index >= 15 is 0 Å². The number of imidazole rings is 1. The second kappa shape index (κ2) is 10.7. The maximum atomic E-state index is 13.3. The molecular formula is C24H22ClN7O7S2. The van der Waals surface area contributed by atoms with E-state index in [2.05, 4.69) is 15.5 Å². The van der Waals surface area contributed by atoms with Crippen LogP contribution in [0.3, 0.4) is 0 Å². The Balaban J connectivity index is 1.39. The molecule has 0 spiro atoms. The van der Waals surface area contributed by atoms with Crippen molar-refractivity contribution >= 4 is 74.9 Å². The Bertz CT molecular complexity index is 1660. The van der Waals surface area contributed by atoms with Crippen molar-refractivity contribution in [2.75, 3.05) is 11.5 Å². The topological polar surface area (TPSA) is 196 Å². The molecule has 0 aliphatic carbocycles. The number of thioether (sulfide) groups is 1. The smallest absolute Gasteiger partial charge is 0.350 e. The minimum Gasteiger partial charge on any atom is -0.543 e. The molecule has 3 aromatic rings. The number of thiazole rings is 1. The van der Waals surface area contributed by atoms with Crippen LogP contribution >= 0.6 is 34.7 Å². The zero-order chi connectivity index (χ0) is 29.6. The van der Waals surface area contributed by atoms with Gasteiger partial charge in [0.05, 0.1) is 17.9 Å². The first-order valence-corrected chi connectivity index (χ1v) is 14.2. The SMILES string of the molecule is CC(C)(O/N=C(\C(=O)N[C@@H]1C(=O)N2C(C(=O)[O-])=C(C[n+]3ccn4ccccc43)CS[C@H]12)c1nc(N)sc1Cl)C(=O)O. The number of aliphatic carboxylic acids is 2. The number of halogens is 1. The number of aromatic nitrogens is 3. The number of amides is 2. The van der Waals surface area contributed by atoms with Gasteiger partial charge in [0.25, 0.3) is 17.5 Å². The number of hydrogen-bond donors (Lipinski definition) is 3. The lowest BCUT2D eigenvalue weighted by molar-refractivity contribution is -0.662. The summed E-state index contributed by atoms with van der Waals surface area (Å²) in [4.78, 5) is 60.3. The highest BCUT2D eigenvalue weighted by Crippen LogP contribution is 2.40. The van der Waals surface area contributed by atoms with Crippen LogP contribution in [-0.2, 0) is 30.6 Å². The lowest BCUT2D eigenvalue weighted by atomic mass is 10.0. The average molecular weight is 620 g/mol. The van der Waals surface area contributed by atoms with Gasteiger partial charge in [-0.15, -0.1) is 11.8 Å². The van der Waals surface area contributed by atoms with E-state index in [1.165, 1.54) is 25.6 Å². The summed E-state index contributed by atoms with van der Waals surface area (Å²) in [6, 6.07) is 4.47. The summed E-state index contributed by atoms with van der Waals surface area (Å²) in [5.41, 5.74) is 4.27. The van der Waals surface area contributed by atoms with E-state index < -0.39 is 46.5 Å². The maximum absolute atomic E-state index is 13.3. The van der Waals surface area contributed by atoms with Crippen molar-refractivity contribution in [1.29, 1.82) is 0 Å². The number of nitrogen functional groups attached to an aromatic ring is 1.